The van der Waals surface area contributed by atoms with Crippen LogP contribution in [0.15, 0.2) is 42.5 Å². The van der Waals surface area contributed by atoms with Gasteiger partial charge in [-0.3, -0.25) is 4.90 Å². The normalized spacial score (nSPS) is 24.7. The van der Waals surface area contributed by atoms with E-state index in [1.54, 1.807) is 0 Å². The molecule has 1 nitrogen and oxygen atoms in total. The summed E-state index contributed by atoms with van der Waals surface area (Å²) in [7, 11) is 0. The van der Waals surface area contributed by atoms with E-state index in [2.05, 4.69) is 35.2 Å². The second-order valence-electron chi connectivity index (χ2n) is 6.01. The molecular formula is C18H17Cl2N. The summed E-state index contributed by atoms with van der Waals surface area (Å²) < 4.78 is 0. The Morgan fingerprint density at radius 1 is 0.952 bits per heavy atom. The minimum absolute atomic E-state index is 0.394. The number of hydrogen-bond donors (Lipinski definition) is 0. The van der Waals surface area contributed by atoms with E-state index in [4.69, 9.17) is 23.2 Å². The number of rotatable bonds is 1. The van der Waals surface area contributed by atoms with Crippen LogP contribution in [-0.4, -0.2) is 18.0 Å². The predicted molar refractivity (Wildman–Crippen MR) is 88.3 cm³/mol. The summed E-state index contributed by atoms with van der Waals surface area (Å²) in [6, 6.07) is 15.5. The predicted octanol–water partition coefficient (Wildman–Crippen LogP) is 5.28. The second-order valence-corrected chi connectivity index (χ2v) is 6.82. The van der Waals surface area contributed by atoms with Gasteiger partial charge in [-0.05, 0) is 48.2 Å². The minimum Gasteiger partial charge on any atom is -0.295 e. The first-order valence-corrected chi connectivity index (χ1v) is 8.27. The third-order valence-corrected chi connectivity index (χ3v) is 5.60. The van der Waals surface area contributed by atoms with Gasteiger partial charge in [-0.2, -0.15) is 0 Å². The molecule has 0 aliphatic carbocycles. The highest BCUT2D eigenvalue weighted by Crippen LogP contribution is 2.44. The summed E-state index contributed by atoms with van der Waals surface area (Å²) in [5, 5.41) is 1.28. The SMILES string of the molecule is Clc1ccc([C@@H]2CN3CCC[C@@H]3c3ccccc32)cc1Cl. The molecule has 108 valence electrons. The van der Waals surface area contributed by atoms with Gasteiger partial charge >= 0.3 is 0 Å². The zero-order valence-corrected chi connectivity index (χ0v) is 13.2. The molecule has 0 saturated carbocycles. The highest BCUT2D eigenvalue weighted by atomic mass is 35.5. The van der Waals surface area contributed by atoms with Crippen molar-refractivity contribution < 1.29 is 0 Å². The van der Waals surface area contributed by atoms with E-state index in [9.17, 15) is 0 Å². The zero-order valence-electron chi connectivity index (χ0n) is 11.7. The lowest BCUT2D eigenvalue weighted by molar-refractivity contribution is 0.230. The van der Waals surface area contributed by atoms with Gasteiger partial charge in [0, 0.05) is 18.5 Å². The first-order valence-electron chi connectivity index (χ1n) is 7.52. The van der Waals surface area contributed by atoms with Crippen LogP contribution in [0.25, 0.3) is 0 Å². The van der Waals surface area contributed by atoms with Crippen molar-refractivity contribution in [1.82, 2.24) is 4.90 Å². The molecule has 2 heterocycles. The van der Waals surface area contributed by atoms with Gasteiger partial charge in [0.05, 0.1) is 10.0 Å². The number of halogens is 2. The zero-order chi connectivity index (χ0) is 14.4. The Hall–Kier alpha value is -1.02. The van der Waals surface area contributed by atoms with E-state index < -0.39 is 0 Å². The van der Waals surface area contributed by atoms with Crippen molar-refractivity contribution in [2.45, 2.75) is 24.8 Å². The maximum atomic E-state index is 6.23. The molecule has 2 aliphatic heterocycles. The van der Waals surface area contributed by atoms with E-state index >= 15 is 0 Å². The topological polar surface area (TPSA) is 3.24 Å². The molecule has 4 rings (SSSR count). The molecule has 0 N–H and O–H groups in total. The van der Waals surface area contributed by atoms with Crippen LogP contribution in [0.3, 0.4) is 0 Å². The third-order valence-electron chi connectivity index (χ3n) is 4.86. The number of nitrogens with zero attached hydrogens (tertiary/aromatic N) is 1. The van der Waals surface area contributed by atoms with Crippen molar-refractivity contribution >= 4 is 23.2 Å². The van der Waals surface area contributed by atoms with E-state index in [0.29, 0.717) is 22.0 Å². The van der Waals surface area contributed by atoms with Gasteiger partial charge in [0.1, 0.15) is 0 Å². The molecule has 0 spiro atoms. The Bertz CT molecular complexity index is 683. The van der Waals surface area contributed by atoms with Crippen molar-refractivity contribution in [2.75, 3.05) is 13.1 Å². The Kier molecular flexibility index (Phi) is 3.45. The Balaban J connectivity index is 1.82. The number of fused-ring (bicyclic) bond motifs is 3. The summed E-state index contributed by atoms with van der Waals surface area (Å²) in [5.41, 5.74) is 4.22. The molecule has 1 fully saturated rings. The van der Waals surface area contributed by atoms with Gasteiger partial charge in [0.2, 0.25) is 0 Å². The van der Waals surface area contributed by atoms with Crippen LogP contribution in [0.4, 0.5) is 0 Å². The molecule has 2 aliphatic rings. The van der Waals surface area contributed by atoms with Gasteiger partial charge in [0.25, 0.3) is 0 Å². The Morgan fingerprint density at radius 3 is 2.57 bits per heavy atom. The lowest BCUT2D eigenvalue weighted by Crippen LogP contribution is -2.34. The van der Waals surface area contributed by atoms with Crippen LogP contribution in [0.2, 0.25) is 10.0 Å². The van der Waals surface area contributed by atoms with Crippen LogP contribution < -0.4 is 0 Å². The van der Waals surface area contributed by atoms with Gasteiger partial charge in [-0.1, -0.05) is 53.5 Å². The van der Waals surface area contributed by atoms with Gasteiger partial charge in [-0.25, -0.2) is 0 Å². The molecule has 0 unspecified atom stereocenters. The molecule has 21 heavy (non-hydrogen) atoms. The van der Waals surface area contributed by atoms with Gasteiger partial charge in [-0.15, -0.1) is 0 Å². The quantitative estimate of drug-likeness (QED) is 0.692. The molecule has 0 amide bonds. The van der Waals surface area contributed by atoms with Gasteiger partial charge < -0.3 is 0 Å². The summed E-state index contributed by atoms with van der Waals surface area (Å²) in [5.74, 6) is 0.394. The highest BCUT2D eigenvalue weighted by Gasteiger charge is 2.36. The molecule has 1 saturated heterocycles. The lowest BCUT2D eigenvalue weighted by atomic mass is 9.82. The van der Waals surface area contributed by atoms with Crippen molar-refractivity contribution in [3.05, 3.63) is 69.2 Å². The monoisotopic (exact) mass is 317 g/mol. The Labute approximate surface area is 135 Å². The van der Waals surface area contributed by atoms with Crippen LogP contribution in [0.5, 0.6) is 0 Å². The lowest BCUT2D eigenvalue weighted by Gasteiger charge is -2.37. The first kappa shape index (κ1) is 13.6. The summed E-state index contributed by atoms with van der Waals surface area (Å²) in [6.07, 6.45) is 2.58. The smallest absolute Gasteiger partial charge is 0.0595 e. The summed E-state index contributed by atoms with van der Waals surface area (Å²) in [6.45, 7) is 2.29. The number of benzene rings is 2. The first-order chi connectivity index (χ1) is 10.2. The maximum Gasteiger partial charge on any atom is 0.0595 e. The molecule has 3 heteroatoms. The molecule has 0 bridgehead atoms. The molecule has 0 radical (unpaired) electrons. The van der Waals surface area contributed by atoms with Crippen molar-refractivity contribution in [1.29, 1.82) is 0 Å². The largest absolute Gasteiger partial charge is 0.295 e. The third kappa shape index (κ3) is 2.28. The van der Waals surface area contributed by atoms with Crippen LogP contribution in [-0.2, 0) is 0 Å². The molecule has 2 atom stereocenters. The van der Waals surface area contributed by atoms with Crippen molar-refractivity contribution in [3.63, 3.8) is 0 Å². The van der Waals surface area contributed by atoms with E-state index in [1.807, 2.05) is 12.1 Å². The average molecular weight is 318 g/mol. The average Bonchev–Trinajstić information content (AvgIpc) is 2.98. The second kappa shape index (κ2) is 5.31. The van der Waals surface area contributed by atoms with E-state index in [1.165, 1.54) is 36.1 Å². The van der Waals surface area contributed by atoms with E-state index in [-0.39, 0.29) is 0 Å². The molecular weight excluding hydrogens is 301 g/mol. The standard InChI is InChI=1S/C18H17Cl2N/c19-16-8-7-12(10-17(16)20)15-11-21-9-3-6-18(21)14-5-2-1-4-13(14)15/h1-2,4-5,7-8,10,15,18H,3,6,9,11H2/t15-,18+/m0/s1. The van der Waals surface area contributed by atoms with Gasteiger partial charge in [0.15, 0.2) is 0 Å². The fourth-order valence-electron chi connectivity index (χ4n) is 3.88. The summed E-state index contributed by atoms with van der Waals surface area (Å²) >= 11 is 12.3. The number of hydrogen-bond acceptors (Lipinski definition) is 1. The molecule has 0 aromatic heterocycles. The maximum absolute atomic E-state index is 6.23. The van der Waals surface area contributed by atoms with Crippen LogP contribution in [0.1, 0.15) is 41.5 Å². The Morgan fingerprint density at radius 2 is 1.76 bits per heavy atom. The molecule has 2 aromatic rings. The fraction of sp³-hybridized carbons (Fsp3) is 0.333. The van der Waals surface area contributed by atoms with Crippen molar-refractivity contribution in [2.24, 2.45) is 0 Å². The van der Waals surface area contributed by atoms with Crippen molar-refractivity contribution in [3.8, 4) is 0 Å². The van der Waals surface area contributed by atoms with Crippen LogP contribution in [0, 0.1) is 0 Å². The van der Waals surface area contributed by atoms with E-state index in [0.717, 1.165) is 6.54 Å². The minimum atomic E-state index is 0.394. The summed E-state index contributed by atoms with van der Waals surface area (Å²) in [4.78, 5) is 2.62. The fourth-order valence-corrected chi connectivity index (χ4v) is 4.18. The highest BCUT2D eigenvalue weighted by molar-refractivity contribution is 6.42. The molecule has 2 aromatic carbocycles. The van der Waals surface area contributed by atoms with Crippen LogP contribution >= 0.6 is 23.2 Å².